The van der Waals surface area contributed by atoms with Crippen molar-refractivity contribution in [2.24, 2.45) is 5.92 Å². The highest BCUT2D eigenvalue weighted by Crippen LogP contribution is 2.25. The molecule has 0 aromatic carbocycles. The number of hydrogen-bond donors (Lipinski definition) is 4. The van der Waals surface area contributed by atoms with Crippen molar-refractivity contribution in [3.8, 4) is 0 Å². The maximum atomic E-state index is 11.7. The van der Waals surface area contributed by atoms with Crippen molar-refractivity contribution in [2.75, 3.05) is 0 Å². The van der Waals surface area contributed by atoms with Crippen LogP contribution in [0.3, 0.4) is 0 Å². The number of aromatic amines is 2. The number of carboxylic acid groups (broad SMARTS) is 1. The zero-order valence-corrected chi connectivity index (χ0v) is 9.03. The maximum Gasteiger partial charge on any atom is 0.323 e. The zero-order valence-electron chi connectivity index (χ0n) is 9.03. The fourth-order valence-corrected chi connectivity index (χ4v) is 2.13. The normalized spacial score (nSPS) is 23.5. The molecule has 1 amide bonds. The molecule has 1 fully saturated rings. The molecule has 1 aliphatic rings. The molecule has 0 spiro atoms. The Bertz CT molecular complexity index is 490. The summed E-state index contributed by atoms with van der Waals surface area (Å²) in [5, 5.41) is 11.6. The number of carbonyl (C=O) groups is 2. The lowest BCUT2D eigenvalue weighted by Crippen LogP contribution is -2.40. The Hall–Kier alpha value is -2.05. The van der Waals surface area contributed by atoms with E-state index < -0.39 is 23.5 Å². The van der Waals surface area contributed by atoms with Gasteiger partial charge in [0.1, 0.15) is 5.69 Å². The Morgan fingerprint density at radius 2 is 2.18 bits per heavy atom. The van der Waals surface area contributed by atoms with E-state index >= 15 is 0 Å². The van der Waals surface area contributed by atoms with Crippen LogP contribution in [-0.4, -0.2) is 33.0 Å². The number of aliphatic carboxylic acids is 1. The number of nitrogens with one attached hydrogen (secondary N) is 3. The number of rotatable bonds is 3. The number of imidazole rings is 1. The van der Waals surface area contributed by atoms with Crippen molar-refractivity contribution in [2.45, 2.75) is 25.3 Å². The first-order valence-corrected chi connectivity index (χ1v) is 5.39. The van der Waals surface area contributed by atoms with Crippen LogP contribution in [0.15, 0.2) is 11.0 Å². The molecule has 7 heteroatoms. The van der Waals surface area contributed by atoms with E-state index in [2.05, 4.69) is 15.3 Å². The van der Waals surface area contributed by atoms with Gasteiger partial charge in [0.2, 0.25) is 0 Å². The van der Waals surface area contributed by atoms with Crippen LogP contribution in [0.1, 0.15) is 29.8 Å². The zero-order chi connectivity index (χ0) is 12.4. The van der Waals surface area contributed by atoms with Gasteiger partial charge in [-0.1, -0.05) is 6.42 Å². The van der Waals surface area contributed by atoms with Gasteiger partial charge in [0, 0.05) is 12.2 Å². The van der Waals surface area contributed by atoms with Gasteiger partial charge in [-0.2, -0.15) is 0 Å². The standard InChI is InChI=1S/C10H13N3O4/c14-8(7-4-11-10(17)13-7)12-6-3-1-2-5(6)9(15)16/h4-6H,1-3H2,(H,12,14)(H,15,16)(H2,11,13,17). The van der Waals surface area contributed by atoms with Gasteiger partial charge >= 0.3 is 11.7 Å². The summed E-state index contributed by atoms with van der Waals surface area (Å²) in [5.74, 6) is -1.89. The number of aromatic nitrogens is 2. The quantitative estimate of drug-likeness (QED) is 0.578. The lowest BCUT2D eigenvalue weighted by molar-refractivity contribution is -0.142. The van der Waals surface area contributed by atoms with Crippen LogP contribution in [0, 0.1) is 5.92 Å². The van der Waals surface area contributed by atoms with Crippen molar-refractivity contribution in [3.05, 3.63) is 22.4 Å². The second-order valence-electron chi connectivity index (χ2n) is 4.11. The molecule has 7 nitrogen and oxygen atoms in total. The number of carboxylic acids is 1. The topological polar surface area (TPSA) is 115 Å². The third-order valence-corrected chi connectivity index (χ3v) is 2.99. The van der Waals surface area contributed by atoms with Gasteiger partial charge in [-0.15, -0.1) is 0 Å². The van der Waals surface area contributed by atoms with Crippen LogP contribution in [-0.2, 0) is 4.79 Å². The predicted molar refractivity (Wildman–Crippen MR) is 57.6 cm³/mol. The third-order valence-electron chi connectivity index (χ3n) is 2.99. The van der Waals surface area contributed by atoms with E-state index in [0.29, 0.717) is 12.8 Å². The average molecular weight is 239 g/mol. The van der Waals surface area contributed by atoms with E-state index in [1.807, 2.05) is 0 Å². The Morgan fingerprint density at radius 1 is 1.41 bits per heavy atom. The minimum absolute atomic E-state index is 0.117. The molecule has 1 aliphatic carbocycles. The van der Waals surface area contributed by atoms with Gasteiger partial charge in [-0.3, -0.25) is 9.59 Å². The van der Waals surface area contributed by atoms with E-state index in [4.69, 9.17) is 5.11 Å². The average Bonchev–Trinajstić information content (AvgIpc) is 2.86. The van der Waals surface area contributed by atoms with E-state index in [1.54, 1.807) is 0 Å². The van der Waals surface area contributed by atoms with E-state index in [0.717, 1.165) is 6.42 Å². The number of amides is 1. The number of H-pyrrole nitrogens is 2. The SMILES string of the molecule is O=C(NC1CCCC1C(=O)O)c1c[nH]c(=O)[nH]1. The molecule has 1 aromatic rings. The van der Waals surface area contributed by atoms with Crippen LogP contribution >= 0.6 is 0 Å². The van der Waals surface area contributed by atoms with Gasteiger partial charge in [-0.05, 0) is 12.8 Å². The van der Waals surface area contributed by atoms with Crippen LogP contribution in [0.5, 0.6) is 0 Å². The minimum atomic E-state index is -0.893. The summed E-state index contributed by atoms with van der Waals surface area (Å²) in [4.78, 5) is 38.1. The van der Waals surface area contributed by atoms with Gasteiger partial charge in [0.25, 0.3) is 5.91 Å². The van der Waals surface area contributed by atoms with Crippen molar-refractivity contribution >= 4 is 11.9 Å². The summed E-state index contributed by atoms with van der Waals surface area (Å²) >= 11 is 0. The van der Waals surface area contributed by atoms with Crippen LogP contribution < -0.4 is 11.0 Å². The smallest absolute Gasteiger partial charge is 0.323 e. The molecule has 0 radical (unpaired) electrons. The lowest BCUT2D eigenvalue weighted by Gasteiger charge is -2.16. The highest BCUT2D eigenvalue weighted by molar-refractivity contribution is 5.92. The second kappa shape index (κ2) is 4.44. The molecule has 1 aromatic heterocycles. The van der Waals surface area contributed by atoms with Crippen LogP contribution in [0.4, 0.5) is 0 Å². The second-order valence-corrected chi connectivity index (χ2v) is 4.11. The van der Waals surface area contributed by atoms with E-state index in [1.165, 1.54) is 6.20 Å². The summed E-state index contributed by atoms with van der Waals surface area (Å²) in [6, 6.07) is -0.363. The molecule has 4 N–H and O–H groups in total. The molecule has 92 valence electrons. The molecular weight excluding hydrogens is 226 g/mol. The van der Waals surface area contributed by atoms with Gasteiger partial charge in [0.05, 0.1) is 5.92 Å². The Balaban J connectivity index is 2.03. The van der Waals surface area contributed by atoms with Crippen molar-refractivity contribution < 1.29 is 14.7 Å². The first-order chi connectivity index (χ1) is 8.08. The Labute approximate surface area is 96.2 Å². The minimum Gasteiger partial charge on any atom is -0.481 e. The summed E-state index contributed by atoms with van der Waals surface area (Å²) in [5.41, 5.74) is -0.345. The molecule has 2 atom stereocenters. The van der Waals surface area contributed by atoms with Crippen molar-refractivity contribution in [1.29, 1.82) is 0 Å². The number of carbonyl (C=O) groups excluding carboxylic acids is 1. The van der Waals surface area contributed by atoms with Gasteiger partial charge in [-0.25, -0.2) is 4.79 Å². The first kappa shape index (κ1) is 11.4. The van der Waals surface area contributed by atoms with Crippen molar-refractivity contribution in [1.82, 2.24) is 15.3 Å². The molecule has 2 rings (SSSR count). The van der Waals surface area contributed by atoms with Crippen molar-refractivity contribution in [3.63, 3.8) is 0 Å². The molecule has 2 unspecified atom stereocenters. The Kier molecular flexibility index (Phi) is 2.99. The molecule has 1 saturated carbocycles. The maximum absolute atomic E-state index is 11.7. The van der Waals surface area contributed by atoms with Crippen LogP contribution in [0.2, 0.25) is 0 Å². The summed E-state index contributed by atoms with van der Waals surface area (Å²) in [7, 11) is 0. The summed E-state index contributed by atoms with van der Waals surface area (Å²) < 4.78 is 0. The number of hydrogen-bond acceptors (Lipinski definition) is 3. The van der Waals surface area contributed by atoms with Gasteiger partial charge < -0.3 is 20.4 Å². The monoisotopic (exact) mass is 239 g/mol. The molecule has 0 bridgehead atoms. The Morgan fingerprint density at radius 3 is 2.76 bits per heavy atom. The fourth-order valence-electron chi connectivity index (χ4n) is 2.13. The van der Waals surface area contributed by atoms with E-state index in [-0.39, 0.29) is 11.7 Å². The third kappa shape index (κ3) is 2.38. The van der Waals surface area contributed by atoms with Gasteiger partial charge in [0.15, 0.2) is 0 Å². The van der Waals surface area contributed by atoms with Crippen LogP contribution in [0.25, 0.3) is 0 Å². The highest BCUT2D eigenvalue weighted by Gasteiger charge is 2.34. The highest BCUT2D eigenvalue weighted by atomic mass is 16.4. The summed E-state index contributed by atoms with van der Waals surface area (Å²) in [6.07, 6.45) is 3.27. The molecule has 0 aliphatic heterocycles. The lowest BCUT2D eigenvalue weighted by atomic mass is 10.0. The molecule has 1 heterocycles. The van der Waals surface area contributed by atoms with E-state index in [9.17, 15) is 14.4 Å². The molecular formula is C10H13N3O4. The molecule has 0 saturated heterocycles. The largest absolute Gasteiger partial charge is 0.481 e. The fraction of sp³-hybridized carbons (Fsp3) is 0.500. The predicted octanol–water partition coefficient (Wildman–Crippen LogP) is -0.314. The molecule has 17 heavy (non-hydrogen) atoms. The first-order valence-electron chi connectivity index (χ1n) is 5.39. The summed E-state index contributed by atoms with van der Waals surface area (Å²) in [6.45, 7) is 0.